The summed E-state index contributed by atoms with van der Waals surface area (Å²) in [5.41, 5.74) is 2.46. The molecule has 1 heterocycles. The van der Waals surface area contributed by atoms with Crippen LogP contribution in [0.5, 0.6) is 5.75 Å². The van der Waals surface area contributed by atoms with E-state index in [4.69, 9.17) is 4.74 Å². The van der Waals surface area contributed by atoms with Crippen molar-refractivity contribution in [3.8, 4) is 17.9 Å². The highest BCUT2D eigenvalue weighted by Crippen LogP contribution is 2.38. The van der Waals surface area contributed by atoms with Crippen LogP contribution >= 0.6 is 0 Å². The van der Waals surface area contributed by atoms with Gasteiger partial charge in [0.1, 0.15) is 0 Å². The summed E-state index contributed by atoms with van der Waals surface area (Å²) in [6.07, 6.45) is 4.11. The molecule has 0 spiro atoms. The minimum Gasteiger partial charge on any atom is -0.478 e. The summed E-state index contributed by atoms with van der Waals surface area (Å²) in [5.74, 6) is -0.213. The Morgan fingerprint density at radius 2 is 1.76 bits per heavy atom. The van der Waals surface area contributed by atoms with Gasteiger partial charge in [-0.15, -0.1) is 0 Å². The number of allylic oxidation sites excluding steroid dienone is 5. The third-order valence-corrected chi connectivity index (χ3v) is 5.52. The molecule has 0 aliphatic carbocycles. The average Bonchev–Trinajstić information content (AvgIpc) is 3.10. The number of sulfonamides is 1. The maximum absolute atomic E-state index is 11.4. The van der Waals surface area contributed by atoms with Gasteiger partial charge >= 0.3 is 5.97 Å². The molecule has 0 atom stereocenters. The van der Waals surface area contributed by atoms with E-state index in [1.807, 2.05) is 0 Å². The molecule has 0 saturated carbocycles. The zero-order chi connectivity index (χ0) is 25.0. The van der Waals surface area contributed by atoms with Gasteiger partial charge in [0.25, 0.3) is 0 Å². The Bertz CT molecular complexity index is 1440. The fourth-order valence-corrected chi connectivity index (χ4v) is 3.89. The van der Waals surface area contributed by atoms with Crippen LogP contribution in [0.1, 0.15) is 22.8 Å². The summed E-state index contributed by atoms with van der Waals surface area (Å²) < 4.78 is 31.0. The number of rotatable bonds is 6. The van der Waals surface area contributed by atoms with Crippen LogP contribution in [-0.2, 0) is 10.0 Å². The van der Waals surface area contributed by atoms with E-state index >= 15 is 0 Å². The van der Waals surface area contributed by atoms with E-state index in [0.29, 0.717) is 39.7 Å². The molecule has 2 N–H and O–H groups in total. The number of ether oxygens (including phenoxy) is 1. The van der Waals surface area contributed by atoms with Crippen LogP contribution in [0.15, 0.2) is 71.6 Å². The van der Waals surface area contributed by atoms with Crippen LogP contribution < -0.4 is 14.4 Å². The van der Waals surface area contributed by atoms with Crippen LogP contribution in [0.3, 0.4) is 0 Å². The number of nitrogens with zero attached hydrogens (tertiary/aromatic N) is 3. The lowest BCUT2D eigenvalue weighted by atomic mass is 9.94. The smallest absolute Gasteiger partial charge is 0.335 e. The second kappa shape index (κ2) is 9.53. The quantitative estimate of drug-likeness (QED) is 0.472. The monoisotopic (exact) mass is 476 g/mol. The molecule has 10 heteroatoms. The summed E-state index contributed by atoms with van der Waals surface area (Å²) in [4.78, 5) is 12.9. The fourth-order valence-electron chi connectivity index (χ4n) is 3.32. The van der Waals surface area contributed by atoms with Gasteiger partial charge in [-0.1, -0.05) is 12.1 Å². The first-order valence-corrected chi connectivity index (χ1v) is 11.7. The first-order chi connectivity index (χ1) is 16.0. The maximum atomic E-state index is 11.4. The third kappa shape index (κ3) is 5.26. The predicted molar refractivity (Wildman–Crippen MR) is 127 cm³/mol. The van der Waals surface area contributed by atoms with Crippen molar-refractivity contribution in [2.24, 2.45) is 0 Å². The summed E-state index contributed by atoms with van der Waals surface area (Å²) in [6.45, 7) is 1.58. The Labute approximate surface area is 197 Å². The highest BCUT2D eigenvalue weighted by atomic mass is 32.2. The molecule has 1 aliphatic heterocycles. The van der Waals surface area contributed by atoms with Gasteiger partial charge in [0.15, 0.2) is 11.6 Å². The van der Waals surface area contributed by atoms with Gasteiger partial charge in [-0.3, -0.25) is 4.72 Å². The van der Waals surface area contributed by atoms with Gasteiger partial charge in [-0.25, -0.2) is 13.2 Å². The number of nitrogens with one attached hydrogen (secondary N) is 1. The second-order valence-corrected chi connectivity index (χ2v) is 9.16. The molecule has 2 aromatic rings. The van der Waals surface area contributed by atoms with Gasteiger partial charge in [0.2, 0.25) is 10.0 Å². The number of carbonyl (C=O) groups is 1. The van der Waals surface area contributed by atoms with Crippen molar-refractivity contribution in [1.82, 2.24) is 0 Å². The minimum absolute atomic E-state index is 0.118. The average molecular weight is 477 g/mol. The Kier molecular flexibility index (Phi) is 6.76. The van der Waals surface area contributed by atoms with Gasteiger partial charge in [0, 0.05) is 30.0 Å². The molecule has 0 saturated heterocycles. The Morgan fingerprint density at radius 3 is 2.32 bits per heavy atom. The number of fused-ring (bicyclic) bond motifs is 1. The van der Waals surface area contributed by atoms with Crippen LogP contribution in [0.2, 0.25) is 0 Å². The van der Waals surface area contributed by atoms with Crippen molar-refractivity contribution in [3.63, 3.8) is 0 Å². The number of hydrogen-bond donors (Lipinski definition) is 2. The number of benzene rings is 2. The maximum Gasteiger partial charge on any atom is 0.335 e. The third-order valence-electron chi connectivity index (χ3n) is 4.91. The van der Waals surface area contributed by atoms with Gasteiger partial charge in [-0.2, -0.15) is 10.5 Å². The van der Waals surface area contributed by atoms with E-state index in [2.05, 4.69) is 16.9 Å². The lowest BCUT2D eigenvalue weighted by Crippen LogP contribution is -2.13. The van der Waals surface area contributed by atoms with Crippen LogP contribution in [0, 0.1) is 22.7 Å². The van der Waals surface area contributed by atoms with Crippen molar-refractivity contribution >= 4 is 32.9 Å². The van der Waals surface area contributed by atoms with Crippen LogP contribution in [0.4, 0.5) is 11.4 Å². The van der Waals surface area contributed by atoms with Gasteiger partial charge in [-0.05, 0) is 48.9 Å². The predicted octanol–water partition coefficient (Wildman–Crippen LogP) is 3.87. The summed E-state index contributed by atoms with van der Waals surface area (Å²) in [7, 11) is -1.74. The first-order valence-electron chi connectivity index (χ1n) is 9.84. The van der Waals surface area contributed by atoms with Gasteiger partial charge < -0.3 is 14.7 Å². The molecule has 2 aromatic carbocycles. The molecule has 9 nitrogen and oxygen atoms in total. The Balaban J connectivity index is 1.97. The molecule has 172 valence electrons. The van der Waals surface area contributed by atoms with E-state index in [-0.39, 0.29) is 11.1 Å². The highest BCUT2D eigenvalue weighted by Gasteiger charge is 2.24. The molecule has 0 bridgehead atoms. The molecule has 0 unspecified atom stereocenters. The molecular formula is C24H20N4O5S. The lowest BCUT2D eigenvalue weighted by Gasteiger charge is -2.12. The van der Waals surface area contributed by atoms with Crippen LogP contribution in [-0.4, -0.2) is 32.8 Å². The standard InChI is InChI=1S/C24H20N4O5S/c1-15(13-25)23(16-4-8-19(9-5-16)27-34(3,31)32)18(14-26)7-11-22-28(2)20-12-17(24(29)30)6-10-21(20)33-22/h4-12,27H,1-3H3,(H,29,30)/b18-7+,22-11-,23-15-. The number of aromatic carboxylic acids is 1. The van der Waals surface area contributed by atoms with E-state index < -0.39 is 16.0 Å². The lowest BCUT2D eigenvalue weighted by molar-refractivity contribution is 0.0697. The van der Waals surface area contributed by atoms with Crippen molar-refractivity contribution in [3.05, 3.63) is 82.8 Å². The summed E-state index contributed by atoms with van der Waals surface area (Å²) in [6, 6.07) is 15.0. The topological polar surface area (TPSA) is 144 Å². The first kappa shape index (κ1) is 24.1. The molecule has 1 aliphatic rings. The van der Waals surface area contributed by atoms with Crippen LogP contribution in [0.25, 0.3) is 5.57 Å². The van der Waals surface area contributed by atoms with Crippen molar-refractivity contribution in [1.29, 1.82) is 10.5 Å². The highest BCUT2D eigenvalue weighted by molar-refractivity contribution is 7.92. The van der Waals surface area contributed by atoms with Crippen molar-refractivity contribution in [2.45, 2.75) is 6.92 Å². The van der Waals surface area contributed by atoms with E-state index in [1.54, 1.807) is 55.3 Å². The normalized spacial score (nSPS) is 15.0. The molecule has 0 fully saturated rings. The zero-order valence-corrected chi connectivity index (χ0v) is 19.3. The molecule has 34 heavy (non-hydrogen) atoms. The molecule has 0 radical (unpaired) electrons. The molecule has 3 rings (SSSR count). The van der Waals surface area contributed by atoms with Gasteiger partial charge in [0.05, 0.1) is 35.2 Å². The van der Waals surface area contributed by atoms with E-state index in [1.165, 1.54) is 18.2 Å². The zero-order valence-electron chi connectivity index (χ0n) is 18.5. The largest absolute Gasteiger partial charge is 0.478 e. The fraction of sp³-hybridized carbons (Fsp3) is 0.125. The number of carboxylic acids is 1. The number of nitriles is 2. The molecular weight excluding hydrogens is 456 g/mol. The van der Waals surface area contributed by atoms with E-state index in [9.17, 15) is 28.8 Å². The summed E-state index contributed by atoms with van der Waals surface area (Å²) >= 11 is 0. The molecule has 0 amide bonds. The van der Waals surface area contributed by atoms with Crippen molar-refractivity contribution in [2.75, 3.05) is 22.9 Å². The SMILES string of the molecule is C/C(C#N)=C(/C(C#N)=C/C=C1\Oc2ccc(C(=O)O)cc2N1C)c1ccc(NS(C)(=O)=O)cc1. The number of anilines is 2. The Hall–Kier alpha value is -4.54. The van der Waals surface area contributed by atoms with E-state index in [0.717, 1.165) is 6.26 Å². The Morgan fingerprint density at radius 1 is 1.12 bits per heavy atom. The second-order valence-electron chi connectivity index (χ2n) is 7.41. The number of hydrogen-bond acceptors (Lipinski definition) is 7. The summed E-state index contributed by atoms with van der Waals surface area (Å²) in [5, 5.41) is 28.5. The minimum atomic E-state index is -3.44. The molecule has 0 aromatic heterocycles. The number of carboxylic acid groups (broad SMARTS) is 1. The van der Waals surface area contributed by atoms with Crippen molar-refractivity contribution < 1.29 is 23.1 Å².